The minimum Gasteiger partial charge on any atom is -0.556 e. The maximum atomic E-state index is 10.5. The summed E-state index contributed by atoms with van der Waals surface area (Å²) in [5, 5.41) is 35.3. The van der Waals surface area contributed by atoms with Crippen LogP contribution in [-0.4, -0.2) is 38.9 Å². The molecule has 1 aromatic rings. The molecule has 0 bridgehead atoms. The molecule has 0 amide bonds. The Morgan fingerprint density at radius 3 is 2.12 bits per heavy atom. The Labute approximate surface area is 92.0 Å². The van der Waals surface area contributed by atoms with Gasteiger partial charge in [0.2, 0.25) is 0 Å². The summed E-state index contributed by atoms with van der Waals surface area (Å²) in [6.07, 6.45) is 0.137. The van der Waals surface area contributed by atoms with Crippen molar-refractivity contribution in [3.8, 4) is 0 Å². The molecule has 1 atom stereocenters. The summed E-state index contributed by atoms with van der Waals surface area (Å²) in [6.45, 7) is -3.50. The molecule has 1 rings (SSSR count). The molecule has 0 radical (unpaired) electrons. The normalized spacial score (nSPS) is 13.5. The van der Waals surface area contributed by atoms with E-state index in [0.717, 1.165) is 0 Å². The van der Waals surface area contributed by atoms with E-state index in [1.165, 1.54) is 24.3 Å². The molecular formula is C9H13BNO5-. The number of hydrogen-bond donors (Lipinski definition) is 5. The molecular weight excluding hydrogens is 213 g/mol. The summed E-state index contributed by atoms with van der Waals surface area (Å²) in [5.74, 6) is -1.10. The minimum atomic E-state index is -3.50. The molecule has 0 aromatic heterocycles. The predicted octanol–water partition coefficient (Wildman–Crippen LogP) is -2.24. The fourth-order valence-electron chi connectivity index (χ4n) is 1.25. The summed E-state index contributed by atoms with van der Waals surface area (Å²) in [6, 6.07) is 4.58. The van der Waals surface area contributed by atoms with Crippen LogP contribution in [0.5, 0.6) is 0 Å². The maximum absolute atomic E-state index is 10.5. The van der Waals surface area contributed by atoms with Gasteiger partial charge in [-0.25, -0.2) is 0 Å². The summed E-state index contributed by atoms with van der Waals surface area (Å²) in [4.78, 5) is 10.5. The van der Waals surface area contributed by atoms with Crippen molar-refractivity contribution in [3.63, 3.8) is 0 Å². The van der Waals surface area contributed by atoms with Gasteiger partial charge in [0.15, 0.2) is 0 Å². The highest BCUT2D eigenvalue weighted by molar-refractivity contribution is 6.71. The number of hydrogen-bond acceptors (Lipinski definition) is 5. The first kappa shape index (κ1) is 12.7. The van der Waals surface area contributed by atoms with Crippen molar-refractivity contribution in [2.24, 2.45) is 5.73 Å². The van der Waals surface area contributed by atoms with Crippen LogP contribution < -0.4 is 11.2 Å². The Morgan fingerprint density at radius 2 is 1.75 bits per heavy atom. The molecule has 0 unspecified atom stereocenters. The van der Waals surface area contributed by atoms with Gasteiger partial charge in [0, 0.05) is 0 Å². The van der Waals surface area contributed by atoms with Gasteiger partial charge in [0.05, 0.1) is 0 Å². The molecule has 7 heteroatoms. The number of carboxylic acids is 1. The molecule has 0 saturated carbocycles. The number of carbonyl (C=O) groups is 1. The van der Waals surface area contributed by atoms with Crippen molar-refractivity contribution >= 4 is 18.2 Å². The van der Waals surface area contributed by atoms with Crippen LogP contribution in [0.2, 0.25) is 0 Å². The number of benzene rings is 1. The van der Waals surface area contributed by atoms with Gasteiger partial charge in [0.1, 0.15) is 6.04 Å². The summed E-state index contributed by atoms with van der Waals surface area (Å²) in [5.41, 5.74) is 5.93. The third kappa shape index (κ3) is 3.32. The average molecular weight is 226 g/mol. The van der Waals surface area contributed by atoms with Gasteiger partial charge in [-0.15, -0.1) is 5.46 Å². The predicted molar refractivity (Wildman–Crippen MR) is 57.8 cm³/mol. The van der Waals surface area contributed by atoms with Crippen LogP contribution in [0.4, 0.5) is 0 Å². The zero-order valence-corrected chi connectivity index (χ0v) is 8.45. The first-order valence-corrected chi connectivity index (χ1v) is 4.70. The van der Waals surface area contributed by atoms with Gasteiger partial charge in [-0.3, -0.25) is 4.79 Å². The molecule has 0 heterocycles. The number of rotatable bonds is 4. The average Bonchev–Trinajstić information content (AvgIpc) is 2.17. The van der Waals surface area contributed by atoms with Crippen molar-refractivity contribution < 1.29 is 25.0 Å². The van der Waals surface area contributed by atoms with Gasteiger partial charge in [-0.2, -0.15) is 0 Å². The lowest BCUT2D eigenvalue weighted by Gasteiger charge is -2.21. The van der Waals surface area contributed by atoms with E-state index >= 15 is 0 Å². The van der Waals surface area contributed by atoms with Crippen molar-refractivity contribution in [3.05, 3.63) is 29.8 Å². The zero-order valence-electron chi connectivity index (χ0n) is 8.45. The smallest absolute Gasteiger partial charge is 0.402 e. The summed E-state index contributed by atoms with van der Waals surface area (Å²) < 4.78 is 0. The van der Waals surface area contributed by atoms with Gasteiger partial charge < -0.3 is 25.9 Å². The molecule has 0 spiro atoms. The molecule has 0 fully saturated rings. The SMILES string of the molecule is N[C@@H](Cc1ccc([B-](O)(O)O)cc1)C(=O)O. The van der Waals surface area contributed by atoms with Crippen LogP contribution >= 0.6 is 0 Å². The lowest BCUT2D eigenvalue weighted by atomic mass is 9.71. The van der Waals surface area contributed by atoms with Crippen LogP contribution in [0.3, 0.4) is 0 Å². The Balaban J connectivity index is 2.76. The van der Waals surface area contributed by atoms with Gasteiger partial charge in [-0.1, -0.05) is 24.3 Å². The quantitative estimate of drug-likeness (QED) is 0.370. The van der Waals surface area contributed by atoms with E-state index in [4.69, 9.17) is 25.9 Å². The van der Waals surface area contributed by atoms with Crippen molar-refractivity contribution in [2.45, 2.75) is 12.5 Å². The van der Waals surface area contributed by atoms with E-state index < -0.39 is 18.8 Å². The number of carboxylic acid groups (broad SMARTS) is 1. The first-order valence-electron chi connectivity index (χ1n) is 4.70. The summed E-state index contributed by atoms with van der Waals surface area (Å²) >= 11 is 0. The highest BCUT2D eigenvalue weighted by atomic mass is 16.5. The molecule has 88 valence electrons. The van der Waals surface area contributed by atoms with Crippen LogP contribution in [0.25, 0.3) is 0 Å². The lowest BCUT2D eigenvalue weighted by Crippen LogP contribution is -2.48. The topological polar surface area (TPSA) is 124 Å². The van der Waals surface area contributed by atoms with Crippen LogP contribution in [0.1, 0.15) is 5.56 Å². The van der Waals surface area contributed by atoms with Gasteiger partial charge in [-0.05, 0) is 12.0 Å². The molecule has 0 aliphatic heterocycles. The fourth-order valence-corrected chi connectivity index (χ4v) is 1.25. The van der Waals surface area contributed by atoms with Crippen molar-refractivity contribution in [2.75, 3.05) is 0 Å². The number of aliphatic carboxylic acids is 1. The highest BCUT2D eigenvalue weighted by Gasteiger charge is 2.18. The number of nitrogens with two attached hydrogens (primary N) is 1. The van der Waals surface area contributed by atoms with Crippen LogP contribution in [0.15, 0.2) is 24.3 Å². The largest absolute Gasteiger partial charge is 0.556 e. The molecule has 0 aliphatic carbocycles. The van der Waals surface area contributed by atoms with E-state index in [-0.39, 0.29) is 11.9 Å². The van der Waals surface area contributed by atoms with Gasteiger partial charge >= 0.3 is 12.7 Å². The van der Waals surface area contributed by atoms with E-state index in [2.05, 4.69) is 0 Å². The Hall–Kier alpha value is -1.41. The van der Waals surface area contributed by atoms with Crippen LogP contribution in [0, 0.1) is 0 Å². The molecule has 6 nitrogen and oxygen atoms in total. The van der Waals surface area contributed by atoms with E-state index in [1.807, 2.05) is 0 Å². The van der Waals surface area contributed by atoms with Crippen molar-refractivity contribution in [1.29, 1.82) is 0 Å². The zero-order chi connectivity index (χ0) is 12.3. The van der Waals surface area contributed by atoms with Crippen LogP contribution in [-0.2, 0) is 11.2 Å². The molecule has 1 aromatic carbocycles. The second-order valence-electron chi connectivity index (χ2n) is 3.62. The Bertz CT molecular complexity index is 372. The second kappa shape index (κ2) is 4.62. The molecule has 0 saturated heterocycles. The maximum Gasteiger partial charge on any atom is 0.402 e. The van der Waals surface area contributed by atoms with E-state index in [0.29, 0.717) is 5.56 Å². The first-order chi connectivity index (χ1) is 7.30. The third-order valence-electron chi connectivity index (χ3n) is 2.20. The molecule has 16 heavy (non-hydrogen) atoms. The molecule has 6 N–H and O–H groups in total. The summed E-state index contributed by atoms with van der Waals surface area (Å²) in [7, 11) is 0. The standard InChI is InChI=1S/C9H13BNO5/c11-8(9(12)13)5-6-1-3-7(4-2-6)10(14,15)16/h1-4,8,14-16H,5,11H2,(H,12,13)/q-1/t8-/m0/s1. The second-order valence-corrected chi connectivity index (χ2v) is 3.62. The van der Waals surface area contributed by atoms with Gasteiger partial charge in [0.25, 0.3) is 0 Å². The van der Waals surface area contributed by atoms with E-state index in [9.17, 15) is 4.79 Å². The van der Waals surface area contributed by atoms with Crippen molar-refractivity contribution in [1.82, 2.24) is 0 Å². The Morgan fingerprint density at radius 1 is 1.25 bits per heavy atom. The highest BCUT2D eigenvalue weighted by Crippen LogP contribution is 2.02. The molecule has 0 aliphatic rings. The third-order valence-corrected chi connectivity index (χ3v) is 2.20. The minimum absolute atomic E-state index is 0.0346. The van der Waals surface area contributed by atoms with E-state index in [1.54, 1.807) is 0 Å². The Kier molecular flexibility index (Phi) is 3.66. The monoisotopic (exact) mass is 226 g/mol. The fraction of sp³-hybridized carbons (Fsp3) is 0.222. The lowest BCUT2D eigenvalue weighted by molar-refractivity contribution is -0.138.